The van der Waals surface area contributed by atoms with Crippen molar-refractivity contribution in [3.63, 3.8) is 0 Å². The molecule has 1 unspecified atom stereocenters. The van der Waals surface area contributed by atoms with Gasteiger partial charge in [0.1, 0.15) is 5.01 Å². The molecule has 21 heavy (non-hydrogen) atoms. The highest BCUT2D eigenvalue weighted by molar-refractivity contribution is 7.09. The van der Waals surface area contributed by atoms with Crippen LogP contribution in [0.15, 0.2) is 5.38 Å². The van der Waals surface area contributed by atoms with Crippen molar-refractivity contribution in [2.45, 2.75) is 76.6 Å². The lowest BCUT2D eigenvalue weighted by atomic mass is 9.95. The van der Waals surface area contributed by atoms with E-state index in [4.69, 9.17) is 0 Å². The predicted molar refractivity (Wildman–Crippen MR) is 79.6 cm³/mol. The summed E-state index contributed by atoms with van der Waals surface area (Å²) in [6.07, 6.45) is -1.98. The molecule has 0 aliphatic heterocycles. The Kier molecular flexibility index (Phi) is 4.98. The minimum atomic E-state index is -4.08. The molecule has 2 rings (SSSR count). The molecule has 1 N–H and O–H groups in total. The zero-order valence-corrected chi connectivity index (χ0v) is 13.6. The van der Waals surface area contributed by atoms with Gasteiger partial charge >= 0.3 is 6.18 Å². The van der Waals surface area contributed by atoms with Gasteiger partial charge in [0.2, 0.25) is 0 Å². The maximum atomic E-state index is 12.4. The Morgan fingerprint density at radius 1 is 1.33 bits per heavy atom. The van der Waals surface area contributed by atoms with Crippen LogP contribution in [-0.2, 0) is 5.54 Å². The van der Waals surface area contributed by atoms with Gasteiger partial charge in [-0.25, -0.2) is 4.98 Å². The summed E-state index contributed by atoms with van der Waals surface area (Å²) in [6, 6.07) is 0.437. The van der Waals surface area contributed by atoms with E-state index in [-0.39, 0.29) is 6.42 Å². The van der Waals surface area contributed by atoms with Gasteiger partial charge < -0.3 is 5.32 Å². The van der Waals surface area contributed by atoms with Gasteiger partial charge in [-0.1, -0.05) is 13.8 Å². The molecule has 0 spiro atoms. The van der Waals surface area contributed by atoms with Crippen molar-refractivity contribution in [2.75, 3.05) is 0 Å². The monoisotopic (exact) mass is 320 g/mol. The second-order valence-electron chi connectivity index (χ2n) is 6.45. The van der Waals surface area contributed by atoms with Gasteiger partial charge in [-0.05, 0) is 38.5 Å². The minimum absolute atomic E-state index is 0.135. The highest BCUT2D eigenvalue weighted by Gasteiger charge is 2.37. The SMILES string of the molecule is CC(C)c1csc(C(C)(CCCC(F)(F)F)NC2CC2)n1. The summed E-state index contributed by atoms with van der Waals surface area (Å²) in [4.78, 5) is 4.65. The van der Waals surface area contributed by atoms with Crippen LogP contribution >= 0.6 is 11.3 Å². The maximum Gasteiger partial charge on any atom is 0.389 e. The summed E-state index contributed by atoms with van der Waals surface area (Å²) in [5.41, 5.74) is 0.583. The predicted octanol–water partition coefficient (Wildman–Crippen LogP) is 4.97. The molecule has 1 atom stereocenters. The van der Waals surface area contributed by atoms with Crippen molar-refractivity contribution >= 4 is 11.3 Å². The van der Waals surface area contributed by atoms with Gasteiger partial charge in [-0.2, -0.15) is 13.2 Å². The number of hydrogen-bond acceptors (Lipinski definition) is 3. The van der Waals surface area contributed by atoms with Crippen molar-refractivity contribution in [2.24, 2.45) is 0 Å². The molecule has 0 bridgehead atoms. The zero-order valence-electron chi connectivity index (χ0n) is 12.8. The van der Waals surface area contributed by atoms with Crippen LogP contribution in [0.25, 0.3) is 0 Å². The number of rotatable bonds is 7. The quantitative estimate of drug-likeness (QED) is 0.767. The fraction of sp³-hybridized carbons (Fsp3) is 0.800. The molecule has 0 aromatic carbocycles. The minimum Gasteiger partial charge on any atom is -0.303 e. The molecule has 6 heteroatoms. The van der Waals surface area contributed by atoms with Crippen LogP contribution < -0.4 is 5.32 Å². The van der Waals surface area contributed by atoms with Crippen LogP contribution in [0.2, 0.25) is 0 Å². The Bertz CT molecular complexity index is 466. The molecule has 2 nitrogen and oxygen atoms in total. The van der Waals surface area contributed by atoms with Gasteiger partial charge in [0.25, 0.3) is 0 Å². The lowest BCUT2D eigenvalue weighted by Gasteiger charge is -2.29. The first kappa shape index (κ1) is 16.7. The Labute approximate surface area is 128 Å². The summed E-state index contributed by atoms with van der Waals surface area (Å²) in [5.74, 6) is 0.343. The molecule has 1 aliphatic rings. The largest absolute Gasteiger partial charge is 0.389 e. The molecule has 0 amide bonds. The van der Waals surface area contributed by atoms with Crippen LogP contribution in [0.4, 0.5) is 13.2 Å². The number of halogens is 3. The molecule has 0 radical (unpaired) electrons. The topological polar surface area (TPSA) is 24.9 Å². The van der Waals surface area contributed by atoms with Crippen molar-refractivity contribution in [1.82, 2.24) is 10.3 Å². The Balaban J connectivity index is 2.07. The van der Waals surface area contributed by atoms with E-state index in [1.165, 1.54) is 0 Å². The lowest BCUT2D eigenvalue weighted by Crippen LogP contribution is -2.41. The van der Waals surface area contributed by atoms with Crippen molar-refractivity contribution in [3.8, 4) is 0 Å². The Hall–Kier alpha value is -0.620. The number of aromatic nitrogens is 1. The molecule has 120 valence electrons. The van der Waals surface area contributed by atoms with Crippen LogP contribution in [-0.4, -0.2) is 17.2 Å². The van der Waals surface area contributed by atoms with Crippen molar-refractivity contribution < 1.29 is 13.2 Å². The number of thiazole rings is 1. The second kappa shape index (κ2) is 6.24. The number of alkyl halides is 3. The summed E-state index contributed by atoms with van der Waals surface area (Å²) in [5, 5.41) is 6.44. The third-order valence-electron chi connectivity index (χ3n) is 3.82. The Morgan fingerprint density at radius 3 is 2.48 bits per heavy atom. The fourth-order valence-electron chi connectivity index (χ4n) is 2.37. The van der Waals surface area contributed by atoms with E-state index in [2.05, 4.69) is 24.1 Å². The fourth-order valence-corrected chi connectivity index (χ4v) is 3.50. The summed E-state index contributed by atoms with van der Waals surface area (Å²) in [7, 11) is 0. The summed E-state index contributed by atoms with van der Waals surface area (Å²) >= 11 is 1.56. The average Bonchev–Trinajstić information content (AvgIpc) is 3.00. The normalized spacial score (nSPS) is 19.0. The van der Waals surface area contributed by atoms with Crippen LogP contribution in [0, 0.1) is 0 Å². The van der Waals surface area contributed by atoms with Crippen molar-refractivity contribution in [3.05, 3.63) is 16.1 Å². The number of hydrogen-bond donors (Lipinski definition) is 1. The smallest absolute Gasteiger partial charge is 0.303 e. The van der Waals surface area contributed by atoms with Crippen molar-refractivity contribution in [1.29, 1.82) is 0 Å². The van der Waals surface area contributed by atoms with Crippen LogP contribution in [0.3, 0.4) is 0 Å². The molecular weight excluding hydrogens is 297 g/mol. The van der Waals surface area contributed by atoms with E-state index in [0.717, 1.165) is 23.5 Å². The highest BCUT2D eigenvalue weighted by Crippen LogP contribution is 2.36. The number of nitrogens with one attached hydrogen (secondary N) is 1. The van der Waals surface area contributed by atoms with E-state index in [1.54, 1.807) is 11.3 Å². The molecule has 0 saturated heterocycles. The second-order valence-corrected chi connectivity index (χ2v) is 7.31. The molecule has 1 heterocycles. The van der Waals surface area contributed by atoms with Crippen LogP contribution in [0.5, 0.6) is 0 Å². The van der Waals surface area contributed by atoms with Gasteiger partial charge in [0.15, 0.2) is 0 Å². The van der Waals surface area contributed by atoms with Gasteiger partial charge in [0, 0.05) is 17.8 Å². The Morgan fingerprint density at radius 2 is 2.00 bits per heavy atom. The third kappa shape index (κ3) is 4.95. The molecule has 1 aromatic heterocycles. The lowest BCUT2D eigenvalue weighted by molar-refractivity contribution is -0.136. The van der Waals surface area contributed by atoms with Crippen LogP contribution in [0.1, 0.15) is 69.5 Å². The van der Waals surface area contributed by atoms with E-state index < -0.39 is 18.1 Å². The van der Waals surface area contributed by atoms with E-state index in [9.17, 15) is 13.2 Å². The molecule has 1 aliphatic carbocycles. The van der Waals surface area contributed by atoms with E-state index in [0.29, 0.717) is 18.4 Å². The first-order valence-corrected chi connectivity index (χ1v) is 8.38. The highest BCUT2D eigenvalue weighted by atomic mass is 32.1. The van der Waals surface area contributed by atoms with Gasteiger partial charge in [-0.3, -0.25) is 0 Å². The molecule has 1 aromatic rings. The molecule has 1 fully saturated rings. The maximum absolute atomic E-state index is 12.4. The van der Waals surface area contributed by atoms with Gasteiger partial charge in [-0.15, -0.1) is 11.3 Å². The zero-order chi connectivity index (χ0) is 15.7. The van der Waals surface area contributed by atoms with E-state index >= 15 is 0 Å². The summed E-state index contributed by atoms with van der Waals surface area (Å²) < 4.78 is 37.2. The first-order chi connectivity index (χ1) is 9.70. The standard InChI is InChI=1S/C15H23F3N2S/c1-10(2)12-9-21-13(19-12)14(3,20-11-5-6-11)7-4-8-15(16,17)18/h9-11,20H,4-8H2,1-3H3. The number of nitrogens with zero attached hydrogens (tertiary/aromatic N) is 1. The average molecular weight is 320 g/mol. The summed E-state index contributed by atoms with van der Waals surface area (Å²) in [6.45, 7) is 6.15. The third-order valence-corrected chi connectivity index (χ3v) is 4.95. The van der Waals surface area contributed by atoms with E-state index in [1.807, 2.05) is 12.3 Å². The van der Waals surface area contributed by atoms with Gasteiger partial charge in [0.05, 0.1) is 11.2 Å². The molecule has 1 saturated carbocycles. The molecular formula is C15H23F3N2S. The first-order valence-electron chi connectivity index (χ1n) is 7.50.